The van der Waals surface area contributed by atoms with Crippen LogP contribution in [0.5, 0.6) is 0 Å². The number of fused-ring (bicyclic) bond motifs is 1. The Morgan fingerprint density at radius 2 is 2.26 bits per heavy atom. The van der Waals surface area contributed by atoms with Crippen LogP contribution in [-0.4, -0.2) is 36.7 Å². The molecule has 3 aliphatic rings. The Hall–Kier alpha value is -1.85. The molecule has 0 aliphatic carbocycles. The molecule has 4 rings (SSSR count). The molecule has 120 valence electrons. The molecule has 6 heteroatoms. The first-order chi connectivity index (χ1) is 11.1. The van der Waals surface area contributed by atoms with E-state index < -0.39 is 17.4 Å². The number of ether oxygens (including phenoxy) is 2. The summed E-state index contributed by atoms with van der Waals surface area (Å²) in [5.41, 5.74) is -0.107. The molecule has 0 unspecified atom stereocenters. The minimum absolute atomic E-state index is 0.136. The highest BCUT2D eigenvalue weighted by Gasteiger charge is 2.67. The van der Waals surface area contributed by atoms with Crippen molar-refractivity contribution in [3.63, 3.8) is 0 Å². The van der Waals surface area contributed by atoms with Gasteiger partial charge in [-0.05, 0) is 19.1 Å². The number of nitrogens with zero attached hydrogens (tertiary/aromatic N) is 1. The topological polar surface area (TPSA) is 55.8 Å². The summed E-state index contributed by atoms with van der Waals surface area (Å²) in [5.74, 6) is -1.64. The summed E-state index contributed by atoms with van der Waals surface area (Å²) in [7, 11) is 0. The molecule has 1 aromatic rings. The van der Waals surface area contributed by atoms with Crippen LogP contribution in [0.2, 0.25) is 5.02 Å². The molecule has 1 spiro atoms. The van der Waals surface area contributed by atoms with Crippen LogP contribution < -0.4 is 4.90 Å². The fourth-order valence-electron chi connectivity index (χ4n) is 3.88. The molecule has 1 aromatic carbocycles. The van der Waals surface area contributed by atoms with Gasteiger partial charge in [0.2, 0.25) is 5.91 Å². The van der Waals surface area contributed by atoms with Gasteiger partial charge in [0.25, 0.3) is 0 Å². The Kier molecular flexibility index (Phi) is 3.25. The van der Waals surface area contributed by atoms with E-state index in [0.717, 1.165) is 0 Å². The van der Waals surface area contributed by atoms with Crippen molar-refractivity contribution in [3.8, 4) is 0 Å². The van der Waals surface area contributed by atoms with E-state index in [1.54, 1.807) is 24.0 Å². The van der Waals surface area contributed by atoms with Crippen molar-refractivity contribution in [2.45, 2.75) is 18.6 Å². The van der Waals surface area contributed by atoms with Crippen LogP contribution in [0, 0.1) is 11.8 Å². The zero-order valence-electron chi connectivity index (χ0n) is 12.6. The van der Waals surface area contributed by atoms with Gasteiger partial charge in [0, 0.05) is 0 Å². The molecule has 23 heavy (non-hydrogen) atoms. The number of carbonyl (C=O) groups is 2. The summed E-state index contributed by atoms with van der Waals surface area (Å²) < 4.78 is 11.2. The van der Waals surface area contributed by atoms with Crippen LogP contribution in [0.3, 0.4) is 0 Å². The number of carbonyl (C=O) groups excluding carboxylic acids is 2. The predicted octanol–water partition coefficient (Wildman–Crippen LogP) is 2.19. The lowest BCUT2D eigenvalue weighted by Gasteiger charge is -2.22. The molecule has 0 N–H and O–H groups in total. The molecule has 2 bridgehead atoms. The van der Waals surface area contributed by atoms with Crippen LogP contribution in [-0.2, 0) is 19.1 Å². The molecule has 0 radical (unpaired) electrons. The third kappa shape index (κ3) is 1.96. The van der Waals surface area contributed by atoms with E-state index >= 15 is 0 Å². The number of hydrogen-bond acceptors (Lipinski definition) is 4. The first kappa shape index (κ1) is 14.7. The summed E-state index contributed by atoms with van der Waals surface area (Å²) in [4.78, 5) is 26.9. The van der Waals surface area contributed by atoms with Gasteiger partial charge in [-0.25, -0.2) is 0 Å². The van der Waals surface area contributed by atoms with E-state index in [2.05, 4.69) is 0 Å². The molecule has 0 saturated carbocycles. The normalized spacial score (nSPS) is 34.1. The van der Waals surface area contributed by atoms with Crippen molar-refractivity contribution in [3.05, 3.63) is 41.4 Å². The van der Waals surface area contributed by atoms with Crippen molar-refractivity contribution in [1.82, 2.24) is 0 Å². The minimum atomic E-state index is -0.752. The summed E-state index contributed by atoms with van der Waals surface area (Å²) in [6.07, 6.45) is 3.39. The average molecular weight is 334 g/mol. The second-order valence-electron chi connectivity index (χ2n) is 6.03. The number of rotatable bonds is 3. The molecule has 0 aromatic heterocycles. The highest BCUT2D eigenvalue weighted by molar-refractivity contribution is 6.34. The maximum Gasteiger partial charge on any atom is 0.312 e. The summed E-state index contributed by atoms with van der Waals surface area (Å²) in [6, 6.07) is 7.19. The van der Waals surface area contributed by atoms with Crippen molar-refractivity contribution < 1.29 is 19.1 Å². The van der Waals surface area contributed by atoms with Crippen LogP contribution in [0.4, 0.5) is 5.69 Å². The lowest BCUT2D eigenvalue weighted by molar-refractivity contribution is -0.151. The molecular weight excluding hydrogens is 318 g/mol. The predicted molar refractivity (Wildman–Crippen MR) is 84.2 cm³/mol. The smallest absolute Gasteiger partial charge is 0.312 e. The largest absolute Gasteiger partial charge is 0.466 e. The highest BCUT2D eigenvalue weighted by atomic mass is 35.5. The number of anilines is 1. The van der Waals surface area contributed by atoms with E-state index in [0.29, 0.717) is 17.3 Å². The SMILES string of the molecule is CCOC(=O)[C@H]1[C@H]2C(=O)N(c3ccccc3Cl)C[C@@]23C=C[C@H]1O3. The van der Waals surface area contributed by atoms with Crippen LogP contribution in [0.1, 0.15) is 6.92 Å². The van der Waals surface area contributed by atoms with E-state index in [1.165, 1.54) is 0 Å². The van der Waals surface area contributed by atoms with Crippen LogP contribution in [0.25, 0.3) is 0 Å². The minimum Gasteiger partial charge on any atom is -0.466 e. The number of amides is 1. The van der Waals surface area contributed by atoms with Crippen molar-refractivity contribution >= 4 is 29.2 Å². The number of hydrogen-bond donors (Lipinski definition) is 0. The maximum atomic E-state index is 13.0. The maximum absolute atomic E-state index is 13.0. The Balaban J connectivity index is 1.71. The molecule has 1 amide bonds. The first-order valence-corrected chi connectivity index (χ1v) is 8.05. The third-order valence-electron chi connectivity index (χ3n) is 4.80. The fourth-order valence-corrected chi connectivity index (χ4v) is 4.12. The molecule has 3 aliphatic heterocycles. The molecule has 2 saturated heterocycles. The Labute approximate surface area is 138 Å². The Morgan fingerprint density at radius 3 is 3.00 bits per heavy atom. The number of esters is 1. The monoisotopic (exact) mass is 333 g/mol. The summed E-state index contributed by atoms with van der Waals surface area (Å²) in [5, 5.41) is 0.503. The highest BCUT2D eigenvalue weighted by Crippen LogP contribution is 2.53. The van der Waals surface area contributed by atoms with Gasteiger partial charge in [-0.2, -0.15) is 0 Å². The number of halogens is 1. The zero-order chi connectivity index (χ0) is 16.2. The standard InChI is InChI=1S/C17H16ClNO4/c1-2-22-16(21)13-12-7-8-17(23-12)9-19(15(20)14(13)17)11-6-4-3-5-10(11)18/h3-8,12-14H,2,9H2,1H3/t12-,13-,14+,17+/m1/s1. The van der Waals surface area contributed by atoms with Gasteiger partial charge in [0.1, 0.15) is 11.5 Å². The van der Waals surface area contributed by atoms with Gasteiger partial charge in [-0.15, -0.1) is 0 Å². The van der Waals surface area contributed by atoms with Gasteiger partial charge in [0.15, 0.2) is 0 Å². The fraction of sp³-hybridized carbons (Fsp3) is 0.412. The average Bonchev–Trinajstić information content (AvgIpc) is 3.16. The Morgan fingerprint density at radius 1 is 1.48 bits per heavy atom. The summed E-state index contributed by atoms with van der Waals surface area (Å²) >= 11 is 6.23. The summed E-state index contributed by atoms with van der Waals surface area (Å²) in [6.45, 7) is 2.40. The zero-order valence-corrected chi connectivity index (χ0v) is 13.3. The Bertz CT molecular complexity index is 718. The van der Waals surface area contributed by atoms with Gasteiger partial charge in [-0.3, -0.25) is 9.59 Å². The second kappa shape index (κ2) is 5.08. The molecule has 4 atom stereocenters. The lowest BCUT2D eigenvalue weighted by atomic mass is 9.77. The number of para-hydroxylation sites is 1. The van der Waals surface area contributed by atoms with Crippen LogP contribution in [0.15, 0.2) is 36.4 Å². The molecule has 3 heterocycles. The quantitative estimate of drug-likeness (QED) is 0.628. The van der Waals surface area contributed by atoms with E-state index in [-0.39, 0.29) is 24.6 Å². The van der Waals surface area contributed by atoms with Gasteiger partial charge >= 0.3 is 5.97 Å². The van der Waals surface area contributed by atoms with E-state index in [1.807, 2.05) is 24.3 Å². The van der Waals surface area contributed by atoms with Gasteiger partial charge in [-0.1, -0.05) is 35.9 Å². The number of benzene rings is 1. The van der Waals surface area contributed by atoms with Crippen LogP contribution >= 0.6 is 11.6 Å². The van der Waals surface area contributed by atoms with Gasteiger partial charge < -0.3 is 14.4 Å². The lowest BCUT2D eigenvalue weighted by Crippen LogP contribution is -2.40. The third-order valence-corrected chi connectivity index (χ3v) is 5.12. The van der Waals surface area contributed by atoms with E-state index in [4.69, 9.17) is 21.1 Å². The van der Waals surface area contributed by atoms with Crippen molar-refractivity contribution in [2.24, 2.45) is 11.8 Å². The molecule has 5 nitrogen and oxygen atoms in total. The van der Waals surface area contributed by atoms with Crippen molar-refractivity contribution in [1.29, 1.82) is 0 Å². The first-order valence-electron chi connectivity index (χ1n) is 7.67. The molecular formula is C17H16ClNO4. The van der Waals surface area contributed by atoms with Crippen molar-refractivity contribution in [2.75, 3.05) is 18.1 Å². The second-order valence-corrected chi connectivity index (χ2v) is 6.44. The van der Waals surface area contributed by atoms with E-state index in [9.17, 15) is 9.59 Å². The molecule has 2 fully saturated rings. The van der Waals surface area contributed by atoms with Gasteiger partial charge in [0.05, 0.1) is 35.9 Å².